The molecule has 2 amide bonds. The Kier molecular flexibility index (Phi) is 6.45. The SMILES string of the molecule is COc1ccc(C(NC(=O)CCCNC(=O)C(C)(C)C)C2CC2)cc1. The Labute approximate surface area is 150 Å². The third kappa shape index (κ3) is 6.07. The van der Waals surface area contributed by atoms with E-state index in [1.807, 2.05) is 45.0 Å². The van der Waals surface area contributed by atoms with Gasteiger partial charge in [0.2, 0.25) is 11.8 Å². The van der Waals surface area contributed by atoms with E-state index in [0.717, 1.165) is 24.2 Å². The van der Waals surface area contributed by atoms with Gasteiger partial charge in [-0.3, -0.25) is 9.59 Å². The fourth-order valence-electron chi connectivity index (χ4n) is 2.68. The highest BCUT2D eigenvalue weighted by Gasteiger charge is 2.33. The second kappa shape index (κ2) is 8.37. The molecule has 25 heavy (non-hydrogen) atoms. The highest BCUT2D eigenvalue weighted by atomic mass is 16.5. The lowest BCUT2D eigenvalue weighted by atomic mass is 9.96. The zero-order valence-electron chi connectivity index (χ0n) is 15.7. The van der Waals surface area contributed by atoms with Crippen LogP contribution in [0.2, 0.25) is 0 Å². The summed E-state index contributed by atoms with van der Waals surface area (Å²) in [7, 11) is 1.65. The van der Waals surface area contributed by atoms with Crippen LogP contribution in [0.15, 0.2) is 24.3 Å². The summed E-state index contributed by atoms with van der Waals surface area (Å²) in [6, 6.07) is 7.97. The number of benzene rings is 1. The van der Waals surface area contributed by atoms with Gasteiger partial charge in [-0.2, -0.15) is 0 Å². The van der Waals surface area contributed by atoms with Crippen LogP contribution < -0.4 is 15.4 Å². The number of rotatable bonds is 8. The summed E-state index contributed by atoms with van der Waals surface area (Å²) in [6.07, 6.45) is 3.37. The van der Waals surface area contributed by atoms with Crippen LogP contribution in [0, 0.1) is 11.3 Å². The molecule has 1 aliphatic carbocycles. The van der Waals surface area contributed by atoms with Gasteiger partial charge in [0.05, 0.1) is 13.2 Å². The zero-order chi connectivity index (χ0) is 18.4. The van der Waals surface area contributed by atoms with Gasteiger partial charge in [0.1, 0.15) is 5.75 Å². The van der Waals surface area contributed by atoms with Crippen LogP contribution in [0.4, 0.5) is 0 Å². The molecule has 1 fully saturated rings. The minimum Gasteiger partial charge on any atom is -0.497 e. The number of ether oxygens (including phenoxy) is 1. The van der Waals surface area contributed by atoms with Crippen LogP contribution in [0.3, 0.4) is 0 Å². The summed E-state index contributed by atoms with van der Waals surface area (Å²) in [5.74, 6) is 1.40. The third-order valence-corrected chi connectivity index (χ3v) is 4.43. The van der Waals surface area contributed by atoms with Crippen LogP contribution in [0.5, 0.6) is 5.75 Å². The Morgan fingerprint density at radius 2 is 1.84 bits per heavy atom. The Morgan fingerprint density at radius 3 is 2.36 bits per heavy atom. The Morgan fingerprint density at radius 1 is 1.20 bits per heavy atom. The fraction of sp³-hybridized carbons (Fsp3) is 0.600. The first-order chi connectivity index (χ1) is 11.8. The number of amides is 2. The lowest BCUT2D eigenvalue weighted by Crippen LogP contribution is -2.36. The number of nitrogens with one attached hydrogen (secondary N) is 2. The van der Waals surface area contributed by atoms with Gasteiger partial charge in [-0.1, -0.05) is 32.9 Å². The second-order valence-corrected chi connectivity index (χ2v) is 7.77. The summed E-state index contributed by atoms with van der Waals surface area (Å²) >= 11 is 0. The molecule has 0 saturated heterocycles. The first-order valence-corrected chi connectivity index (χ1v) is 9.03. The molecule has 0 aliphatic heterocycles. The van der Waals surface area contributed by atoms with Crippen molar-refractivity contribution in [2.75, 3.05) is 13.7 Å². The summed E-state index contributed by atoms with van der Waals surface area (Å²) < 4.78 is 5.19. The van der Waals surface area contributed by atoms with Crippen LogP contribution >= 0.6 is 0 Å². The van der Waals surface area contributed by atoms with E-state index in [2.05, 4.69) is 10.6 Å². The Balaban J connectivity index is 1.79. The molecular formula is C20H30N2O3. The molecular weight excluding hydrogens is 316 g/mol. The van der Waals surface area contributed by atoms with Crippen LogP contribution in [-0.4, -0.2) is 25.5 Å². The van der Waals surface area contributed by atoms with Crippen molar-refractivity contribution >= 4 is 11.8 Å². The van der Waals surface area contributed by atoms with E-state index in [-0.39, 0.29) is 17.9 Å². The van der Waals surface area contributed by atoms with E-state index in [4.69, 9.17) is 4.74 Å². The standard InChI is InChI=1S/C20H30N2O3/c1-20(2,3)19(24)21-13-5-6-17(23)22-18(14-7-8-14)15-9-11-16(25-4)12-10-15/h9-12,14,18H,5-8,13H2,1-4H3,(H,21,24)(H,22,23). The number of hydrogen-bond acceptors (Lipinski definition) is 3. The van der Waals surface area contributed by atoms with E-state index in [9.17, 15) is 9.59 Å². The van der Waals surface area contributed by atoms with E-state index in [0.29, 0.717) is 25.3 Å². The van der Waals surface area contributed by atoms with Gasteiger partial charge in [-0.05, 0) is 42.9 Å². The van der Waals surface area contributed by atoms with E-state index in [1.54, 1.807) is 7.11 Å². The predicted molar refractivity (Wildman–Crippen MR) is 98.3 cm³/mol. The number of carbonyl (C=O) groups is 2. The smallest absolute Gasteiger partial charge is 0.225 e. The molecule has 1 atom stereocenters. The zero-order valence-corrected chi connectivity index (χ0v) is 15.7. The molecule has 1 aromatic carbocycles. The molecule has 1 aromatic rings. The number of hydrogen-bond donors (Lipinski definition) is 2. The molecule has 138 valence electrons. The van der Waals surface area contributed by atoms with Gasteiger partial charge in [-0.25, -0.2) is 0 Å². The average molecular weight is 346 g/mol. The molecule has 0 heterocycles. The molecule has 5 heteroatoms. The van der Waals surface area contributed by atoms with Gasteiger partial charge in [0.25, 0.3) is 0 Å². The monoisotopic (exact) mass is 346 g/mol. The average Bonchev–Trinajstić information content (AvgIpc) is 3.40. The van der Waals surface area contributed by atoms with Crippen molar-refractivity contribution in [1.82, 2.24) is 10.6 Å². The van der Waals surface area contributed by atoms with E-state index in [1.165, 1.54) is 0 Å². The maximum Gasteiger partial charge on any atom is 0.225 e. The van der Waals surface area contributed by atoms with Crippen molar-refractivity contribution < 1.29 is 14.3 Å². The lowest BCUT2D eigenvalue weighted by Gasteiger charge is -2.20. The summed E-state index contributed by atoms with van der Waals surface area (Å²) in [4.78, 5) is 24.1. The van der Waals surface area contributed by atoms with Crippen LogP contribution in [0.25, 0.3) is 0 Å². The topological polar surface area (TPSA) is 67.4 Å². The Hall–Kier alpha value is -2.04. The molecule has 1 unspecified atom stereocenters. The van der Waals surface area contributed by atoms with E-state index < -0.39 is 5.41 Å². The normalized spacial score (nSPS) is 15.4. The van der Waals surface area contributed by atoms with Crippen LogP contribution in [0.1, 0.15) is 58.1 Å². The maximum atomic E-state index is 12.3. The molecule has 5 nitrogen and oxygen atoms in total. The van der Waals surface area contributed by atoms with Gasteiger partial charge in [0.15, 0.2) is 0 Å². The highest BCUT2D eigenvalue weighted by Crippen LogP contribution is 2.41. The molecule has 0 radical (unpaired) electrons. The van der Waals surface area contributed by atoms with Crippen molar-refractivity contribution in [2.24, 2.45) is 11.3 Å². The minimum atomic E-state index is -0.395. The third-order valence-electron chi connectivity index (χ3n) is 4.43. The fourth-order valence-corrected chi connectivity index (χ4v) is 2.68. The first kappa shape index (κ1) is 19.3. The van der Waals surface area contributed by atoms with Crippen molar-refractivity contribution in [3.63, 3.8) is 0 Å². The van der Waals surface area contributed by atoms with Gasteiger partial charge in [0, 0.05) is 18.4 Å². The molecule has 2 N–H and O–H groups in total. The summed E-state index contributed by atoms with van der Waals surface area (Å²) in [5, 5.41) is 6.04. The van der Waals surface area contributed by atoms with Gasteiger partial charge in [-0.15, -0.1) is 0 Å². The van der Waals surface area contributed by atoms with E-state index >= 15 is 0 Å². The summed E-state index contributed by atoms with van der Waals surface area (Å²) in [5.41, 5.74) is 0.728. The molecule has 2 rings (SSSR count). The van der Waals surface area contributed by atoms with Crippen molar-refractivity contribution in [2.45, 2.75) is 52.5 Å². The highest BCUT2D eigenvalue weighted by molar-refractivity contribution is 5.81. The molecule has 0 bridgehead atoms. The molecule has 1 aliphatic rings. The minimum absolute atomic E-state index is 0.0157. The second-order valence-electron chi connectivity index (χ2n) is 7.77. The van der Waals surface area contributed by atoms with Gasteiger partial charge < -0.3 is 15.4 Å². The number of carbonyl (C=O) groups excluding carboxylic acids is 2. The van der Waals surface area contributed by atoms with Crippen molar-refractivity contribution in [1.29, 1.82) is 0 Å². The molecule has 0 aromatic heterocycles. The largest absolute Gasteiger partial charge is 0.497 e. The predicted octanol–water partition coefficient (Wildman–Crippen LogP) is 3.21. The van der Waals surface area contributed by atoms with Crippen molar-refractivity contribution in [3.05, 3.63) is 29.8 Å². The Bertz CT molecular complexity index is 586. The van der Waals surface area contributed by atoms with Crippen molar-refractivity contribution in [3.8, 4) is 5.75 Å². The molecule has 1 saturated carbocycles. The lowest BCUT2D eigenvalue weighted by molar-refractivity contribution is -0.128. The first-order valence-electron chi connectivity index (χ1n) is 9.03. The van der Waals surface area contributed by atoms with Crippen LogP contribution in [-0.2, 0) is 9.59 Å². The quantitative estimate of drug-likeness (QED) is 0.710. The number of methoxy groups -OCH3 is 1. The summed E-state index contributed by atoms with van der Waals surface area (Å²) in [6.45, 7) is 6.17. The van der Waals surface area contributed by atoms with Gasteiger partial charge >= 0.3 is 0 Å². The maximum absolute atomic E-state index is 12.3. The molecule has 0 spiro atoms.